The number of carbonyl (C=O) groups is 1. The number of ether oxygens (including phenoxy) is 1. The Bertz CT molecular complexity index is 358. The van der Waals surface area contributed by atoms with E-state index in [2.05, 4.69) is 11.9 Å². The lowest BCUT2D eigenvalue weighted by atomic mass is 10.1. The Morgan fingerprint density at radius 2 is 2.20 bits per heavy atom. The van der Waals surface area contributed by atoms with Crippen LogP contribution >= 0.6 is 0 Å². The van der Waals surface area contributed by atoms with Crippen LogP contribution in [0.25, 0.3) is 0 Å². The molecule has 3 nitrogen and oxygen atoms in total. The molecule has 0 fully saturated rings. The fraction of sp³-hybridized carbons (Fsp3) is 0.500. The molecule has 0 bridgehead atoms. The van der Waals surface area contributed by atoms with Crippen molar-refractivity contribution in [2.24, 2.45) is 0 Å². The number of rotatable bonds is 4. The molecule has 1 aromatic rings. The van der Waals surface area contributed by atoms with E-state index < -0.39 is 0 Å². The van der Waals surface area contributed by atoms with Crippen LogP contribution in [0.5, 0.6) is 5.88 Å². The van der Waals surface area contributed by atoms with Crippen LogP contribution in [-0.4, -0.2) is 16.4 Å². The fourth-order valence-electron chi connectivity index (χ4n) is 1.04. The van der Waals surface area contributed by atoms with E-state index in [1.807, 2.05) is 13.8 Å². The highest BCUT2D eigenvalue weighted by molar-refractivity contribution is 5.94. The molecule has 1 aromatic heterocycles. The highest BCUT2D eigenvalue weighted by Crippen LogP contribution is 2.19. The van der Waals surface area contributed by atoms with Gasteiger partial charge in [-0.2, -0.15) is 0 Å². The molecule has 0 aromatic carbocycles. The van der Waals surface area contributed by atoms with E-state index in [-0.39, 0.29) is 11.4 Å². The van der Waals surface area contributed by atoms with Gasteiger partial charge in [-0.25, -0.2) is 4.98 Å². The molecule has 0 amide bonds. The summed E-state index contributed by atoms with van der Waals surface area (Å²) in [6.07, 6.45) is 2.48. The summed E-state index contributed by atoms with van der Waals surface area (Å²) in [5.74, 6) is 0.533. The maximum absolute atomic E-state index is 11.1. The van der Waals surface area contributed by atoms with E-state index >= 15 is 0 Å². The Morgan fingerprint density at radius 1 is 1.53 bits per heavy atom. The molecule has 0 aliphatic carbocycles. The molecule has 0 atom stereocenters. The minimum atomic E-state index is -0.248. The Hall–Kier alpha value is -1.38. The van der Waals surface area contributed by atoms with Crippen LogP contribution in [0.3, 0.4) is 0 Å². The third kappa shape index (κ3) is 3.35. The molecule has 0 saturated heterocycles. The van der Waals surface area contributed by atoms with Crippen molar-refractivity contribution < 1.29 is 9.53 Å². The number of Topliss-reactive ketones (excluding diaryl/α,β-unsaturated/α-hetero) is 1. The molecule has 0 aliphatic heterocycles. The molecule has 0 N–H and O–H groups in total. The minimum Gasteiger partial charge on any atom is -0.472 e. The Labute approximate surface area is 90.5 Å². The molecule has 1 rings (SSSR count). The monoisotopic (exact) mass is 207 g/mol. The number of nitrogens with zero attached hydrogens (tertiary/aromatic N) is 1. The number of pyridine rings is 1. The van der Waals surface area contributed by atoms with Crippen molar-refractivity contribution in [3.63, 3.8) is 0 Å². The second-order valence-electron chi connectivity index (χ2n) is 4.15. The van der Waals surface area contributed by atoms with Crippen molar-refractivity contribution in [1.82, 2.24) is 4.98 Å². The molecule has 0 saturated carbocycles. The van der Waals surface area contributed by atoms with E-state index in [0.29, 0.717) is 11.4 Å². The Balaban J connectivity index is 2.87. The van der Waals surface area contributed by atoms with Crippen LogP contribution < -0.4 is 4.74 Å². The first-order valence-corrected chi connectivity index (χ1v) is 5.10. The molecule has 0 unspecified atom stereocenters. The number of hydrogen-bond acceptors (Lipinski definition) is 3. The van der Waals surface area contributed by atoms with Gasteiger partial charge in [0.1, 0.15) is 5.60 Å². The SMILES string of the molecule is CCC(C)(C)Oc1cc(C(C)=O)ccn1. The van der Waals surface area contributed by atoms with Gasteiger partial charge in [-0.3, -0.25) is 4.79 Å². The van der Waals surface area contributed by atoms with Crippen molar-refractivity contribution in [3.05, 3.63) is 23.9 Å². The van der Waals surface area contributed by atoms with Crippen molar-refractivity contribution in [2.45, 2.75) is 39.7 Å². The smallest absolute Gasteiger partial charge is 0.214 e. The van der Waals surface area contributed by atoms with Gasteiger partial charge in [0.05, 0.1) is 0 Å². The highest BCUT2D eigenvalue weighted by Gasteiger charge is 2.17. The lowest BCUT2D eigenvalue weighted by Crippen LogP contribution is -2.27. The van der Waals surface area contributed by atoms with Crippen LogP contribution in [-0.2, 0) is 0 Å². The van der Waals surface area contributed by atoms with Crippen molar-refractivity contribution in [1.29, 1.82) is 0 Å². The van der Waals surface area contributed by atoms with Gasteiger partial charge >= 0.3 is 0 Å². The fourth-order valence-corrected chi connectivity index (χ4v) is 1.04. The first kappa shape index (κ1) is 11.7. The van der Waals surface area contributed by atoms with Crippen molar-refractivity contribution in [3.8, 4) is 5.88 Å². The van der Waals surface area contributed by atoms with Gasteiger partial charge in [0.25, 0.3) is 0 Å². The van der Waals surface area contributed by atoms with Gasteiger partial charge in [0, 0.05) is 17.8 Å². The molecule has 0 spiro atoms. The summed E-state index contributed by atoms with van der Waals surface area (Å²) in [6, 6.07) is 3.37. The van der Waals surface area contributed by atoms with Gasteiger partial charge in [0.2, 0.25) is 5.88 Å². The zero-order chi connectivity index (χ0) is 11.5. The van der Waals surface area contributed by atoms with Crippen LogP contribution in [0.2, 0.25) is 0 Å². The predicted octanol–water partition coefficient (Wildman–Crippen LogP) is 2.85. The van der Waals surface area contributed by atoms with E-state index in [0.717, 1.165) is 6.42 Å². The van der Waals surface area contributed by atoms with Crippen LogP contribution in [0.4, 0.5) is 0 Å². The zero-order valence-corrected chi connectivity index (χ0v) is 9.70. The molecule has 0 radical (unpaired) electrons. The van der Waals surface area contributed by atoms with Crippen LogP contribution in [0.1, 0.15) is 44.5 Å². The summed E-state index contributed by atoms with van der Waals surface area (Å²) in [4.78, 5) is 15.2. The maximum atomic E-state index is 11.1. The van der Waals surface area contributed by atoms with Crippen molar-refractivity contribution >= 4 is 5.78 Å². The molecule has 82 valence electrons. The first-order chi connectivity index (χ1) is 6.94. The maximum Gasteiger partial charge on any atom is 0.214 e. The topological polar surface area (TPSA) is 39.2 Å². The van der Waals surface area contributed by atoms with E-state index in [4.69, 9.17) is 4.74 Å². The van der Waals surface area contributed by atoms with Gasteiger partial charge in [0.15, 0.2) is 5.78 Å². The summed E-state index contributed by atoms with van der Waals surface area (Å²) in [5, 5.41) is 0. The van der Waals surface area contributed by atoms with E-state index in [1.165, 1.54) is 6.92 Å². The third-order valence-corrected chi connectivity index (χ3v) is 2.37. The van der Waals surface area contributed by atoms with Gasteiger partial charge in [-0.1, -0.05) is 6.92 Å². The average Bonchev–Trinajstić information content (AvgIpc) is 2.17. The predicted molar refractivity (Wildman–Crippen MR) is 59.2 cm³/mol. The standard InChI is InChI=1S/C12H17NO2/c1-5-12(3,4)15-11-8-10(9(2)14)6-7-13-11/h6-8H,5H2,1-4H3. The van der Waals surface area contributed by atoms with E-state index in [1.54, 1.807) is 18.3 Å². The van der Waals surface area contributed by atoms with Gasteiger partial charge in [-0.15, -0.1) is 0 Å². The quantitative estimate of drug-likeness (QED) is 0.713. The molecule has 3 heteroatoms. The number of aromatic nitrogens is 1. The Morgan fingerprint density at radius 3 is 2.73 bits per heavy atom. The summed E-state index contributed by atoms with van der Waals surface area (Å²) in [7, 11) is 0. The lowest BCUT2D eigenvalue weighted by molar-refractivity contribution is 0.0966. The molecule has 15 heavy (non-hydrogen) atoms. The summed E-state index contributed by atoms with van der Waals surface area (Å²) >= 11 is 0. The summed E-state index contributed by atoms with van der Waals surface area (Å²) in [6.45, 7) is 7.57. The largest absolute Gasteiger partial charge is 0.472 e. The molecular weight excluding hydrogens is 190 g/mol. The average molecular weight is 207 g/mol. The van der Waals surface area contributed by atoms with Crippen molar-refractivity contribution in [2.75, 3.05) is 0 Å². The number of carbonyl (C=O) groups excluding carboxylic acids is 1. The Kier molecular flexibility index (Phi) is 3.45. The van der Waals surface area contributed by atoms with Crippen LogP contribution in [0, 0.1) is 0 Å². The summed E-state index contributed by atoms with van der Waals surface area (Å²) < 4.78 is 5.68. The lowest BCUT2D eigenvalue weighted by Gasteiger charge is -2.23. The number of ketones is 1. The normalized spacial score (nSPS) is 11.2. The summed E-state index contributed by atoms with van der Waals surface area (Å²) in [5.41, 5.74) is 0.384. The van der Waals surface area contributed by atoms with Crippen LogP contribution in [0.15, 0.2) is 18.3 Å². The second kappa shape index (κ2) is 4.43. The molecule has 0 aliphatic rings. The third-order valence-electron chi connectivity index (χ3n) is 2.37. The molecular formula is C12H17NO2. The van der Waals surface area contributed by atoms with E-state index in [9.17, 15) is 4.79 Å². The zero-order valence-electron chi connectivity index (χ0n) is 9.70. The van der Waals surface area contributed by atoms with Gasteiger partial charge in [-0.05, 0) is 33.3 Å². The molecule has 1 heterocycles. The van der Waals surface area contributed by atoms with Gasteiger partial charge < -0.3 is 4.74 Å². The minimum absolute atomic E-state index is 0.0246. The second-order valence-corrected chi connectivity index (χ2v) is 4.15. The first-order valence-electron chi connectivity index (χ1n) is 5.10. The highest BCUT2D eigenvalue weighted by atomic mass is 16.5. The number of hydrogen-bond donors (Lipinski definition) is 0.